The van der Waals surface area contributed by atoms with Crippen molar-refractivity contribution >= 4 is 64.9 Å². The Hall–Kier alpha value is -6.35. The lowest BCUT2D eigenvalue weighted by atomic mass is 9.97. The van der Waals surface area contributed by atoms with Crippen LogP contribution in [0.5, 0.6) is 0 Å². The van der Waals surface area contributed by atoms with E-state index in [0.717, 1.165) is 6.42 Å². The summed E-state index contributed by atoms with van der Waals surface area (Å²) in [6, 6.07) is -3.28. The van der Waals surface area contributed by atoms with Crippen molar-refractivity contribution in [2.45, 2.75) is 260 Å². The summed E-state index contributed by atoms with van der Waals surface area (Å²) in [4.78, 5) is 137. The fraction of sp³-hybridized carbons (Fsp3) is 0.843. The summed E-state index contributed by atoms with van der Waals surface area (Å²) in [5.74, 6) is -3.70. The highest BCUT2D eigenvalue weighted by molar-refractivity contribution is 5.79. The molecular formula is C70H124N10O29. The topological polar surface area (TPSA) is 573 Å². The molecule has 3 heterocycles. The molecule has 39 heteroatoms. The standard InChI is InChI=1S/C70H124N10O29/c1-44(84)18-7-5-6-8-22-57(94)80-70(41-101-35-23-54(91)74-29-15-26-71-51(88)19-9-12-32-104-67-58(77-45(2)85)64(98)61(95)48(38-81)107-67,42-102-36-24-55(92)75-30-16-27-72-52(89)20-10-13-33-105-68-59(78-46(3)86)65(99)62(96)49(39-82)108-68)43-103-37-25-56(93)76-31-17-28-73-53(90)21-11-14-34-106-69-60(79-47(4)87)66(100)63(97)50(40-83)109-69/h48-50,58-69,81-83,95-100H,5-43H2,1-4H3,(H,71,88)(H,72,89)(H,73,90)(H,74,91)(H,75,92)(H,76,93)(H,77,85)(H,78,86)(H,79,87)(H,80,94). The second kappa shape index (κ2) is 56.0. The van der Waals surface area contributed by atoms with Gasteiger partial charge < -0.3 is 147 Å². The van der Waals surface area contributed by atoms with E-state index in [2.05, 4.69) is 53.2 Å². The highest BCUT2D eigenvalue weighted by Crippen LogP contribution is 2.26. The first-order valence-corrected chi connectivity index (χ1v) is 37.8. The van der Waals surface area contributed by atoms with Crippen LogP contribution in [0.3, 0.4) is 0 Å². The van der Waals surface area contributed by atoms with Crippen LogP contribution in [0.1, 0.15) is 163 Å². The van der Waals surface area contributed by atoms with Crippen LogP contribution in [0.4, 0.5) is 0 Å². The number of ether oxygens (including phenoxy) is 9. The van der Waals surface area contributed by atoms with E-state index in [4.69, 9.17) is 42.6 Å². The molecule has 0 spiro atoms. The molecule has 3 fully saturated rings. The quantitative estimate of drug-likeness (QED) is 0.0252. The average molecular weight is 1570 g/mol. The van der Waals surface area contributed by atoms with E-state index in [-0.39, 0.29) is 185 Å². The SMILES string of the molecule is CC(=O)CCCCCCC(=O)NC(COCCC(=O)NCCCNC(=O)CCCCOC1OC(CO)C(O)C(O)C1NC(C)=O)(COCCC(=O)NCCCNC(=O)CCCCOC1OC(CO)C(O)C(O)C1NC(C)=O)COCCC(=O)NCCCNC(=O)CCCCOC1OC(CO)C(O)C(O)C1NC(C)=O. The van der Waals surface area contributed by atoms with Crippen LogP contribution < -0.4 is 53.2 Å². The second-order valence-electron chi connectivity index (χ2n) is 27.3. The third-order valence-electron chi connectivity index (χ3n) is 17.6. The van der Waals surface area contributed by atoms with E-state index in [1.807, 2.05) is 0 Å². The molecule has 628 valence electrons. The highest BCUT2D eigenvalue weighted by Gasteiger charge is 2.48. The van der Waals surface area contributed by atoms with E-state index in [0.29, 0.717) is 83.5 Å². The minimum absolute atomic E-state index is 0.0609. The molecule has 15 unspecified atom stereocenters. The van der Waals surface area contributed by atoms with Gasteiger partial charge in [0.05, 0.1) is 59.5 Å². The number of aliphatic hydroxyl groups is 9. The monoisotopic (exact) mass is 1570 g/mol. The first kappa shape index (κ1) is 96.8. The van der Waals surface area contributed by atoms with Gasteiger partial charge in [-0.15, -0.1) is 0 Å². The Morgan fingerprint density at radius 3 is 0.835 bits per heavy atom. The molecule has 10 amide bonds. The van der Waals surface area contributed by atoms with Crippen molar-refractivity contribution in [3.63, 3.8) is 0 Å². The lowest BCUT2D eigenvalue weighted by molar-refractivity contribution is -0.270. The zero-order chi connectivity index (χ0) is 80.5. The summed E-state index contributed by atoms with van der Waals surface area (Å²) in [7, 11) is 0. The molecule has 19 N–H and O–H groups in total. The van der Waals surface area contributed by atoms with Crippen LogP contribution in [0.2, 0.25) is 0 Å². The van der Waals surface area contributed by atoms with Crippen LogP contribution in [0.15, 0.2) is 0 Å². The van der Waals surface area contributed by atoms with E-state index in [1.54, 1.807) is 0 Å². The molecule has 15 atom stereocenters. The molecule has 0 aromatic carbocycles. The molecule has 3 saturated heterocycles. The minimum atomic E-state index is -1.46. The lowest BCUT2D eigenvalue weighted by Gasteiger charge is -2.42. The number of hydrogen-bond donors (Lipinski definition) is 19. The number of aliphatic hydroxyl groups excluding tert-OH is 9. The third kappa shape index (κ3) is 40.6. The van der Waals surface area contributed by atoms with Gasteiger partial charge in [-0.2, -0.15) is 0 Å². The van der Waals surface area contributed by atoms with Gasteiger partial charge in [0, 0.05) is 131 Å². The molecule has 3 aliphatic rings. The molecule has 109 heavy (non-hydrogen) atoms. The van der Waals surface area contributed by atoms with Gasteiger partial charge in [-0.25, -0.2) is 0 Å². The molecule has 0 aliphatic carbocycles. The molecule has 0 radical (unpaired) electrons. The van der Waals surface area contributed by atoms with Gasteiger partial charge in [0.25, 0.3) is 0 Å². The zero-order valence-corrected chi connectivity index (χ0v) is 63.4. The van der Waals surface area contributed by atoms with Gasteiger partial charge in [-0.05, 0) is 77.6 Å². The van der Waals surface area contributed by atoms with Crippen LogP contribution in [0, 0.1) is 0 Å². The Morgan fingerprint density at radius 1 is 0.312 bits per heavy atom. The predicted octanol–water partition coefficient (Wildman–Crippen LogP) is -5.75. The Morgan fingerprint density at radius 2 is 0.569 bits per heavy atom. The molecule has 3 aliphatic heterocycles. The summed E-state index contributed by atoms with van der Waals surface area (Å²) < 4.78 is 51.9. The Balaban J connectivity index is 1.52. The first-order chi connectivity index (χ1) is 52.1. The molecule has 0 aromatic rings. The maximum atomic E-state index is 13.8. The van der Waals surface area contributed by atoms with Crippen molar-refractivity contribution in [3.8, 4) is 0 Å². The number of hydrogen-bond acceptors (Lipinski definition) is 29. The maximum absolute atomic E-state index is 13.8. The third-order valence-corrected chi connectivity index (χ3v) is 17.6. The van der Waals surface area contributed by atoms with Crippen molar-refractivity contribution in [1.82, 2.24) is 53.2 Å². The Labute approximate surface area is 635 Å². The van der Waals surface area contributed by atoms with Crippen LogP contribution in [-0.2, 0) is 95.4 Å². The van der Waals surface area contributed by atoms with Crippen LogP contribution >= 0.6 is 0 Å². The average Bonchev–Trinajstić information content (AvgIpc) is 0.822. The summed E-state index contributed by atoms with van der Waals surface area (Å²) in [6.45, 7) is 3.86. The number of ketones is 1. The van der Waals surface area contributed by atoms with Crippen molar-refractivity contribution in [2.75, 3.05) is 119 Å². The molecular weight excluding hydrogens is 1440 g/mol. The van der Waals surface area contributed by atoms with Crippen molar-refractivity contribution in [2.24, 2.45) is 0 Å². The van der Waals surface area contributed by atoms with E-state index in [1.165, 1.54) is 27.7 Å². The maximum Gasteiger partial charge on any atom is 0.222 e. The largest absolute Gasteiger partial charge is 0.394 e. The van der Waals surface area contributed by atoms with Crippen molar-refractivity contribution in [3.05, 3.63) is 0 Å². The molecule has 3 rings (SSSR count). The fourth-order valence-corrected chi connectivity index (χ4v) is 11.7. The first-order valence-electron chi connectivity index (χ1n) is 37.8. The summed E-state index contributed by atoms with van der Waals surface area (Å²) in [5.41, 5.74) is -1.42. The van der Waals surface area contributed by atoms with Gasteiger partial charge in [0.15, 0.2) is 18.9 Å². The molecule has 0 saturated carbocycles. The second-order valence-corrected chi connectivity index (χ2v) is 27.3. The van der Waals surface area contributed by atoms with Gasteiger partial charge >= 0.3 is 0 Å². The van der Waals surface area contributed by atoms with Gasteiger partial charge in [0.2, 0.25) is 59.1 Å². The zero-order valence-electron chi connectivity index (χ0n) is 63.4. The minimum Gasteiger partial charge on any atom is -0.394 e. The van der Waals surface area contributed by atoms with Crippen LogP contribution in [-0.4, -0.2) is 327 Å². The smallest absolute Gasteiger partial charge is 0.222 e. The van der Waals surface area contributed by atoms with Crippen molar-refractivity contribution < 1.29 is 141 Å². The van der Waals surface area contributed by atoms with Gasteiger partial charge in [0.1, 0.15) is 84.4 Å². The van der Waals surface area contributed by atoms with Gasteiger partial charge in [-0.1, -0.05) is 12.8 Å². The van der Waals surface area contributed by atoms with Crippen molar-refractivity contribution in [1.29, 1.82) is 0 Å². The van der Waals surface area contributed by atoms with E-state index < -0.39 is 141 Å². The number of carbonyl (C=O) groups excluding carboxylic acids is 11. The van der Waals surface area contributed by atoms with E-state index >= 15 is 0 Å². The highest BCUT2D eigenvalue weighted by atomic mass is 16.7. The summed E-state index contributed by atoms with van der Waals surface area (Å²) >= 11 is 0. The number of rotatable bonds is 59. The lowest BCUT2D eigenvalue weighted by Crippen LogP contribution is -2.64. The number of nitrogens with one attached hydrogen (secondary N) is 10. The van der Waals surface area contributed by atoms with E-state index in [9.17, 15) is 98.7 Å². The number of amides is 10. The normalized spacial score (nSPS) is 24.5. The number of Topliss-reactive ketones (excluding diaryl/α,β-unsaturated/α-hetero) is 1. The number of carbonyl (C=O) groups is 11. The summed E-state index contributed by atoms with van der Waals surface area (Å²) in [5, 5.41) is 118. The molecule has 0 aromatic heterocycles. The summed E-state index contributed by atoms with van der Waals surface area (Å²) in [6.07, 6.45) is -8.95. The Bertz CT molecular complexity index is 2450. The Kier molecular flexibility index (Phi) is 49.7. The molecule has 0 bridgehead atoms. The molecule has 39 nitrogen and oxygen atoms in total. The number of unbranched alkanes of at least 4 members (excludes halogenated alkanes) is 6. The van der Waals surface area contributed by atoms with Gasteiger partial charge in [-0.3, -0.25) is 47.9 Å². The predicted molar refractivity (Wildman–Crippen MR) is 383 cm³/mol. The fourth-order valence-electron chi connectivity index (χ4n) is 11.7. The van der Waals surface area contributed by atoms with Crippen LogP contribution in [0.25, 0.3) is 0 Å².